The molecular weight excluding hydrogens is 310 g/mol. The van der Waals surface area contributed by atoms with Gasteiger partial charge in [0.15, 0.2) is 5.82 Å². The number of nitro benzene ring substituents is 1. The Morgan fingerprint density at radius 1 is 1.42 bits per heavy atom. The van der Waals surface area contributed by atoms with Crippen LogP contribution in [0.3, 0.4) is 0 Å². The highest BCUT2D eigenvalue weighted by atomic mass is 16.6. The molecule has 2 atom stereocenters. The fraction of sp³-hybridized carbons (Fsp3) is 0.375. The lowest BCUT2D eigenvalue weighted by Crippen LogP contribution is -2.40. The van der Waals surface area contributed by atoms with E-state index in [4.69, 9.17) is 0 Å². The van der Waals surface area contributed by atoms with Crippen molar-refractivity contribution in [3.05, 3.63) is 40.4 Å². The van der Waals surface area contributed by atoms with Gasteiger partial charge in [-0.2, -0.15) is 5.10 Å². The number of hydrogen-bond acceptors (Lipinski definition) is 5. The van der Waals surface area contributed by atoms with Gasteiger partial charge in [0, 0.05) is 35.7 Å². The number of nitro groups is 1. The van der Waals surface area contributed by atoms with Gasteiger partial charge in [-0.25, -0.2) is 0 Å². The number of benzene rings is 1. The van der Waals surface area contributed by atoms with E-state index in [0.29, 0.717) is 23.1 Å². The molecule has 2 aromatic rings. The minimum Gasteiger partial charge on any atom is -0.314 e. The molecule has 1 aromatic carbocycles. The minimum absolute atomic E-state index is 0.0105. The first kappa shape index (κ1) is 16.1. The highest BCUT2D eigenvalue weighted by Gasteiger charge is 2.25. The normalized spacial score (nSPS) is 20.5. The summed E-state index contributed by atoms with van der Waals surface area (Å²) in [5, 5.41) is 23.9. The average Bonchev–Trinajstić information content (AvgIpc) is 3.03. The lowest BCUT2D eigenvalue weighted by atomic mass is 9.92. The van der Waals surface area contributed by atoms with Gasteiger partial charge < -0.3 is 10.6 Å². The van der Waals surface area contributed by atoms with Crippen LogP contribution in [0.25, 0.3) is 11.3 Å². The van der Waals surface area contributed by atoms with Gasteiger partial charge in [-0.15, -0.1) is 0 Å². The molecule has 2 heterocycles. The van der Waals surface area contributed by atoms with Gasteiger partial charge >= 0.3 is 0 Å². The van der Waals surface area contributed by atoms with E-state index in [1.54, 1.807) is 18.2 Å². The summed E-state index contributed by atoms with van der Waals surface area (Å²) in [7, 11) is 0. The number of aromatic amines is 1. The largest absolute Gasteiger partial charge is 0.314 e. The SMILES string of the molecule is C[C@H]1C[C@@H](C(=O)Nc2cc(-c3cccc([N+](=O)[O-])c3)[nH]n2)CCN1. The fourth-order valence-corrected chi connectivity index (χ4v) is 2.92. The van der Waals surface area contributed by atoms with E-state index in [0.717, 1.165) is 19.4 Å². The number of piperidine rings is 1. The number of anilines is 1. The summed E-state index contributed by atoms with van der Waals surface area (Å²) in [5.74, 6) is 0.354. The molecule has 0 radical (unpaired) electrons. The summed E-state index contributed by atoms with van der Waals surface area (Å²) in [5.41, 5.74) is 1.27. The molecule has 8 heteroatoms. The molecule has 0 saturated carbocycles. The highest BCUT2D eigenvalue weighted by Crippen LogP contribution is 2.24. The summed E-state index contributed by atoms with van der Waals surface area (Å²) in [6.45, 7) is 2.90. The first-order valence-corrected chi connectivity index (χ1v) is 7.87. The number of H-pyrrole nitrogens is 1. The van der Waals surface area contributed by atoms with E-state index in [9.17, 15) is 14.9 Å². The summed E-state index contributed by atoms with van der Waals surface area (Å²) in [4.78, 5) is 22.7. The number of nitrogens with one attached hydrogen (secondary N) is 3. The number of rotatable bonds is 4. The summed E-state index contributed by atoms with van der Waals surface area (Å²) in [6.07, 6.45) is 1.60. The van der Waals surface area contributed by atoms with Gasteiger partial charge in [-0.05, 0) is 26.3 Å². The smallest absolute Gasteiger partial charge is 0.270 e. The van der Waals surface area contributed by atoms with Gasteiger partial charge in [-0.3, -0.25) is 20.0 Å². The predicted molar refractivity (Wildman–Crippen MR) is 89.5 cm³/mol. The fourth-order valence-electron chi connectivity index (χ4n) is 2.92. The Hall–Kier alpha value is -2.74. The molecule has 1 fully saturated rings. The lowest BCUT2D eigenvalue weighted by molar-refractivity contribution is -0.384. The van der Waals surface area contributed by atoms with Crippen LogP contribution in [0.2, 0.25) is 0 Å². The predicted octanol–water partition coefficient (Wildman–Crippen LogP) is 2.31. The minimum atomic E-state index is -0.444. The first-order chi connectivity index (χ1) is 11.5. The molecule has 24 heavy (non-hydrogen) atoms. The number of carbonyl (C=O) groups excluding carboxylic acids is 1. The summed E-state index contributed by atoms with van der Waals surface area (Å²) < 4.78 is 0. The second-order valence-corrected chi connectivity index (χ2v) is 6.04. The third-order valence-corrected chi connectivity index (χ3v) is 4.19. The van der Waals surface area contributed by atoms with E-state index in [2.05, 4.69) is 27.8 Å². The Balaban J connectivity index is 1.70. The second kappa shape index (κ2) is 6.79. The number of hydrogen-bond donors (Lipinski definition) is 3. The third kappa shape index (κ3) is 3.60. The van der Waals surface area contributed by atoms with E-state index in [1.165, 1.54) is 12.1 Å². The van der Waals surface area contributed by atoms with Crippen molar-refractivity contribution in [1.29, 1.82) is 0 Å². The maximum atomic E-state index is 12.3. The molecule has 1 aliphatic heterocycles. The lowest BCUT2D eigenvalue weighted by Gasteiger charge is -2.26. The van der Waals surface area contributed by atoms with Crippen molar-refractivity contribution < 1.29 is 9.72 Å². The van der Waals surface area contributed by atoms with Crippen molar-refractivity contribution in [2.75, 3.05) is 11.9 Å². The zero-order valence-electron chi connectivity index (χ0n) is 13.3. The van der Waals surface area contributed by atoms with Crippen LogP contribution in [0.15, 0.2) is 30.3 Å². The van der Waals surface area contributed by atoms with Crippen molar-refractivity contribution >= 4 is 17.4 Å². The Morgan fingerprint density at radius 3 is 3.00 bits per heavy atom. The van der Waals surface area contributed by atoms with Gasteiger partial charge in [-0.1, -0.05) is 12.1 Å². The van der Waals surface area contributed by atoms with Crippen LogP contribution in [0.1, 0.15) is 19.8 Å². The zero-order chi connectivity index (χ0) is 17.1. The molecular formula is C16H19N5O3. The topological polar surface area (TPSA) is 113 Å². The molecule has 3 rings (SSSR count). The molecule has 0 bridgehead atoms. The van der Waals surface area contributed by atoms with Crippen LogP contribution in [-0.2, 0) is 4.79 Å². The highest BCUT2D eigenvalue weighted by molar-refractivity contribution is 5.92. The maximum Gasteiger partial charge on any atom is 0.270 e. The molecule has 0 spiro atoms. The first-order valence-electron chi connectivity index (χ1n) is 7.87. The molecule has 1 aliphatic rings. The molecule has 3 N–H and O–H groups in total. The van der Waals surface area contributed by atoms with Crippen molar-refractivity contribution in [3.8, 4) is 11.3 Å². The average molecular weight is 329 g/mol. The monoisotopic (exact) mass is 329 g/mol. The van der Waals surface area contributed by atoms with Crippen LogP contribution in [0.4, 0.5) is 11.5 Å². The number of carbonyl (C=O) groups is 1. The third-order valence-electron chi connectivity index (χ3n) is 4.19. The molecule has 8 nitrogen and oxygen atoms in total. The summed E-state index contributed by atoms with van der Waals surface area (Å²) in [6, 6.07) is 8.27. The van der Waals surface area contributed by atoms with Crippen LogP contribution < -0.4 is 10.6 Å². The van der Waals surface area contributed by atoms with E-state index >= 15 is 0 Å². The van der Waals surface area contributed by atoms with Crippen molar-refractivity contribution in [1.82, 2.24) is 15.5 Å². The Labute approximate surface area is 138 Å². The Morgan fingerprint density at radius 2 is 2.25 bits per heavy atom. The molecule has 126 valence electrons. The standard InChI is InChI=1S/C16H19N5O3/c1-10-7-12(5-6-17-10)16(22)18-15-9-14(19-20-15)11-3-2-4-13(8-11)21(23)24/h2-4,8-10,12,17H,5-7H2,1H3,(H2,18,19,20,22)/t10-,12-/m0/s1. The number of amides is 1. The van der Waals surface area contributed by atoms with Crippen molar-refractivity contribution in [3.63, 3.8) is 0 Å². The van der Waals surface area contributed by atoms with E-state index in [1.807, 2.05) is 0 Å². The molecule has 0 aliphatic carbocycles. The molecule has 1 saturated heterocycles. The number of aromatic nitrogens is 2. The molecule has 1 aromatic heterocycles. The van der Waals surface area contributed by atoms with Gasteiger partial charge in [0.05, 0.1) is 10.6 Å². The van der Waals surface area contributed by atoms with Gasteiger partial charge in [0.2, 0.25) is 5.91 Å². The van der Waals surface area contributed by atoms with Crippen molar-refractivity contribution in [2.24, 2.45) is 5.92 Å². The van der Waals surface area contributed by atoms with E-state index in [-0.39, 0.29) is 17.5 Å². The summed E-state index contributed by atoms with van der Waals surface area (Å²) >= 11 is 0. The number of non-ortho nitro benzene ring substituents is 1. The van der Waals surface area contributed by atoms with Crippen LogP contribution >= 0.6 is 0 Å². The molecule has 1 amide bonds. The maximum absolute atomic E-state index is 12.3. The molecule has 0 unspecified atom stereocenters. The quantitative estimate of drug-likeness (QED) is 0.588. The zero-order valence-corrected chi connectivity index (χ0v) is 13.3. The van der Waals surface area contributed by atoms with Crippen LogP contribution in [-0.4, -0.2) is 33.6 Å². The second-order valence-electron chi connectivity index (χ2n) is 6.04. The van der Waals surface area contributed by atoms with Crippen LogP contribution in [0, 0.1) is 16.0 Å². The van der Waals surface area contributed by atoms with Crippen LogP contribution in [0.5, 0.6) is 0 Å². The Kier molecular flexibility index (Phi) is 4.57. The van der Waals surface area contributed by atoms with Gasteiger partial charge in [0.1, 0.15) is 0 Å². The van der Waals surface area contributed by atoms with Crippen molar-refractivity contribution in [2.45, 2.75) is 25.8 Å². The Bertz CT molecular complexity index is 758. The van der Waals surface area contributed by atoms with Gasteiger partial charge in [0.25, 0.3) is 5.69 Å². The number of nitrogens with zero attached hydrogens (tertiary/aromatic N) is 2. The van der Waals surface area contributed by atoms with E-state index < -0.39 is 4.92 Å².